The molecule has 5 aromatic rings. The van der Waals surface area contributed by atoms with Gasteiger partial charge in [0.15, 0.2) is 5.78 Å². The third kappa shape index (κ3) is 1.95. The molecule has 0 fully saturated rings. The van der Waals surface area contributed by atoms with Crippen molar-refractivity contribution < 1.29 is 4.79 Å². The summed E-state index contributed by atoms with van der Waals surface area (Å²) in [6.07, 6.45) is 1.82. The number of hydrogen-bond acceptors (Lipinski definition) is 2. The van der Waals surface area contributed by atoms with Gasteiger partial charge in [-0.3, -0.25) is 4.79 Å². The van der Waals surface area contributed by atoms with Gasteiger partial charge in [-0.25, -0.2) is 0 Å². The van der Waals surface area contributed by atoms with Crippen LogP contribution in [0.25, 0.3) is 43.6 Å². The fraction of sp³-hybridized carbons (Fsp3) is 0.200. The first-order valence-electron chi connectivity index (χ1n) is 10.1. The highest BCUT2D eigenvalue weighted by Gasteiger charge is 2.31. The van der Waals surface area contributed by atoms with Crippen LogP contribution in [0.3, 0.4) is 0 Å². The molecular formula is C25H19N3O. The van der Waals surface area contributed by atoms with Crippen molar-refractivity contribution >= 4 is 49.4 Å². The largest absolute Gasteiger partial charge is 0.342 e. The number of ketones is 1. The lowest BCUT2D eigenvalue weighted by atomic mass is 9.97. The molecule has 2 aromatic heterocycles. The van der Waals surface area contributed by atoms with Gasteiger partial charge in [0.25, 0.3) is 0 Å². The molecule has 2 heterocycles. The summed E-state index contributed by atoms with van der Waals surface area (Å²) in [5.41, 5.74) is 6.62. The first kappa shape index (κ1) is 16.4. The third-order valence-corrected chi connectivity index (χ3v) is 6.48. The van der Waals surface area contributed by atoms with E-state index in [4.69, 9.17) is 0 Å². The fourth-order valence-corrected chi connectivity index (χ4v) is 5.37. The monoisotopic (exact) mass is 377 g/mol. The SMILES string of the molecule is Cn1c2ccccc2c2c3c(c4c5ccccc5n(CCC#N)c4c21)CCC3=O. The highest BCUT2D eigenvalue weighted by atomic mass is 16.1. The van der Waals surface area contributed by atoms with Crippen LogP contribution in [0.4, 0.5) is 0 Å². The Hall–Kier alpha value is -3.58. The predicted octanol–water partition coefficient (Wildman–Crippen LogP) is 5.48. The second-order valence-corrected chi connectivity index (χ2v) is 7.88. The lowest BCUT2D eigenvalue weighted by molar-refractivity contribution is 0.0996. The lowest BCUT2D eigenvalue weighted by Crippen LogP contribution is -2.01. The Labute approximate surface area is 167 Å². The number of aromatic nitrogens is 2. The lowest BCUT2D eigenvalue weighted by Gasteiger charge is -2.10. The van der Waals surface area contributed by atoms with Gasteiger partial charge in [-0.1, -0.05) is 36.4 Å². The molecule has 1 aliphatic rings. The molecule has 0 aliphatic heterocycles. The maximum atomic E-state index is 13.0. The minimum absolute atomic E-state index is 0.247. The van der Waals surface area contributed by atoms with Crippen molar-refractivity contribution in [1.82, 2.24) is 9.13 Å². The summed E-state index contributed by atoms with van der Waals surface area (Å²) in [6.45, 7) is 0.643. The van der Waals surface area contributed by atoms with Gasteiger partial charge < -0.3 is 9.13 Å². The molecule has 0 unspecified atom stereocenters. The molecule has 0 saturated heterocycles. The Balaban J connectivity index is 1.99. The summed E-state index contributed by atoms with van der Waals surface area (Å²) >= 11 is 0. The number of carbonyl (C=O) groups excluding carboxylic acids is 1. The molecule has 0 N–H and O–H groups in total. The van der Waals surface area contributed by atoms with Crippen LogP contribution in [-0.4, -0.2) is 14.9 Å². The molecule has 29 heavy (non-hydrogen) atoms. The number of para-hydroxylation sites is 2. The van der Waals surface area contributed by atoms with E-state index in [1.165, 1.54) is 16.3 Å². The smallest absolute Gasteiger partial charge is 0.164 e. The summed E-state index contributed by atoms with van der Waals surface area (Å²) < 4.78 is 4.51. The first-order chi connectivity index (χ1) is 14.2. The van der Waals surface area contributed by atoms with Crippen molar-refractivity contribution in [2.45, 2.75) is 25.8 Å². The minimum atomic E-state index is 0.247. The van der Waals surface area contributed by atoms with Crippen LogP contribution in [0.1, 0.15) is 28.8 Å². The molecule has 0 saturated carbocycles. The Bertz CT molecular complexity index is 1540. The van der Waals surface area contributed by atoms with E-state index >= 15 is 0 Å². The van der Waals surface area contributed by atoms with E-state index in [0.29, 0.717) is 19.4 Å². The number of benzene rings is 3. The van der Waals surface area contributed by atoms with E-state index in [-0.39, 0.29) is 5.78 Å². The number of nitrogens with zero attached hydrogens (tertiary/aromatic N) is 3. The molecule has 0 bridgehead atoms. The van der Waals surface area contributed by atoms with E-state index < -0.39 is 0 Å². The van der Waals surface area contributed by atoms with Crippen LogP contribution in [0, 0.1) is 11.3 Å². The van der Waals surface area contributed by atoms with Gasteiger partial charge in [-0.15, -0.1) is 0 Å². The molecule has 0 amide bonds. The number of Topliss-reactive ketones (excluding diaryl/α,β-unsaturated/α-hetero) is 1. The van der Waals surface area contributed by atoms with E-state index in [2.05, 4.69) is 52.6 Å². The zero-order valence-corrected chi connectivity index (χ0v) is 16.2. The van der Waals surface area contributed by atoms with Crippen molar-refractivity contribution in [2.24, 2.45) is 7.05 Å². The summed E-state index contributed by atoms with van der Waals surface area (Å²) in [4.78, 5) is 13.0. The molecule has 1 aliphatic carbocycles. The van der Waals surface area contributed by atoms with Crippen molar-refractivity contribution in [3.63, 3.8) is 0 Å². The van der Waals surface area contributed by atoms with Crippen LogP contribution in [0.5, 0.6) is 0 Å². The zero-order chi connectivity index (χ0) is 19.7. The zero-order valence-electron chi connectivity index (χ0n) is 16.2. The topological polar surface area (TPSA) is 50.7 Å². The van der Waals surface area contributed by atoms with Crippen molar-refractivity contribution in [3.05, 3.63) is 59.7 Å². The standard InChI is InChI=1S/C25H19N3O/c1-27-18-9-4-2-7-15(18)23-22-17(11-12-20(22)29)21-16-8-3-5-10-19(16)28(14-6-13-26)25(21)24(23)27/h2-5,7-10H,6,11-12,14H2,1H3. The molecule has 3 aromatic carbocycles. The molecule has 0 radical (unpaired) electrons. The second kappa shape index (κ2) is 5.71. The molecular weight excluding hydrogens is 358 g/mol. The molecule has 0 spiro atoms. The van der Waals surface area contributed by atoms with Gasteiger partial charge in [0.05, 0.1) is 23.5 Å². The summed E-state index contributed by atoms with van der Waals surface area (Å²) in [6, 6.07) is 19.0. The summed E-state index contributed by atoms with van der Waals surface area (Å²) in [5, 5.41) is 13.9. The van der Waals surface area contributed by atoms with Crippen LogP contribution < -0.4 is 0 Å². The highest BCUT2D eigenvalue weighted by Crippen LogP contribution is 2.45. The van der Waals surface area contributed by atoms with Gasteiger partial charge in [-0.05, 0) is 24.1 Å². The maximum Gasteiger partial charge on any atom is 0.164 e. The van der Waals surface area contributed by atoms with E-state index in [1.807, 2.05) is 18.2 Å². The van der Waals surface area contributed by atoms with Gasteiger partial charge in [0, 0.05) is 58.2 Å². The van der Waals surface area contributed by atoms with Crippen molar-refractivity contribution in [3.8, 4) is 6.07 Å². The van der Waals surface area contributed by atoms with Crippen LogP contribution in [0.15, 0.2) is 48.5 Å². The highest BCUT2D eigenvalue weighted by molar-refractivity contribution is 6.31. The van der Waals surface area contributed by atoms with Gasteiger partial charge in [0.1, 0.15) is 0 Å². The molecule has 0 atom stereocenters. The molecule has 140 valence electrons. The Morgan fingerprint density at radius 1 is 0.931 bits per heavy atom. The maximum absolute atomic E-state index is 13.0. The fourth-order valence-electron chi connectivity index (χ4n) is 5.37. The van der Waals surface area contributed by atoms with Gasteiger partial charge >= 0.3 is 0 Å². The Kier molecular flexibility index (Phi) is 3.23. The van der Waals surface area contributed by atoms with E-state index in [0.717, 1.165) is 44.8 Å². The molecule has 4 nitrogen and oxygen atoms in total. The number of hydrogen-bond donors (Lipinski definition) is 0. The number of nitriles is 1. The summed E-state index contributed by atoms with van der Waals surface area (Å²) in [7, 11) is 2.09. The van der Waals surface area contributed by atoms with Gasteiger partial charge in [0.2, 0.25) is 0 Å². The second-order valence-electron chi connectivity index (χ2n) is 7.88. The van der Waals surface area contributed by atoms with E-state index in [1.54, 1.807) is 0 Å². The first-order valence-corrected chi connectivity index (χ1v) is 10.1. The average Bonchev–Trinajstić information content (AvgIpc) is 3.38. The normalized spacial score (nSPS) is 13.7. The van der Waals surface area contributed by atoms with Crippen LogP contribution in [-0.2, 0) is 20.0 Å². The quantitative estimate of drug-likeness (QED) is 0.409. The number of rotatable bonds is 2. The van der Waals surface area contributed by atoms with Crippen molar-refractivity contribution in [2.75, 3.05) is 0 Å². The van der Waals surface area contributed by atoms with E-state index in [9.17, 15) is 10.1 Å². The van der Waals surface area contributed by atoms with Gasteiger partial charge in [-0.2, -0.15) is 5.26 Å². The Morgan fingerprint density at radius 2 is 1.62 bits per heavy atom. The summed E-state index contributed by atoms with van der Waals surface area (Å²) in [5.74, 6) is 0.247. The molecule has 4 heteroatoms. The predicted molar refractivity (Wildman–Crippen MR) is 116 cm³/mol. The minimum Gasteiger partial charge on any atom is -0.342 e. The van der Waals surface area contributed by atoms with Crippen LogP contribution in [0.2, 0.25) is 0 Å². The third-order valence-electron chi connectivity index (χ3n) is 6.48. The number of carbonyl (C=O) groups is 1. The molecule has 6 rings (SSSR count). The average molecular weight is 377 g/mol. The van der Waals surface area contributed by atoms with Crippen LogP contribution >= 0.6 is 0 Å². The number of fused-ring (bicyclic) bond motifs is 10. The van der Waals surface area contributed by atoms with Crippen molar-refractivity contribution in [1.29, 1.82) is 5.26 Å². The Morgan fingerprint density at radius 3 is 2.38 bits per heavy atom. The number of aryl methyl sites for hydroxylation is 3.